The van der Waals surface area contributed by atoms with E-state index in [-0.39, 0.29) is 6.61 Å². The zero-order valence-electron chi connectivity index (χ0n) is 15.5. The van der Waals surface area contributed by atoms with Crippen LogP contribution in [0.5, 0.6) is 5.75 Å². The van der Waals surface area contributed by atoms with Crippen LogP contribution in [0.25, 0.3) is 0 Å². The predicted molar refractivity (Wildman–Crippen MR) is 109 cm³/mol. The number of rotatable bonds is 6. The molecular weight excluding hydrogens is 376 g/mol. The summed E-state index contributed by atoms with van der Waals surface area (Å²) in [5.74, 6) is 1.36. The van der Waals surface area contributed by atoms with Gasteiger partial charge in [0.1, 0.15) is 18.0 Å². The van der Waals surface area contributed by atoms with Crippen molar-refractivity contribution in [1.82, 2.24) is 0 Å². The summed E-state index contributed by atoms with van der Waals surface area (Å²) in [7, 11) is 0. The third-order valence-electron chi connectivity index (χ3n) is 5.49. The molecule has 2 fully saturated rings. The maximum Gasteiger partial charge on any atom is 0.173 e. The number of aliphatic hydroxyl groups excluding tert-OH is 4. The molecule has 5 unspecified atom stereocenters. The second-order valence-electron chi connectivity index (χ2n) is 7.62. The molecule has 1 saturated heterocycles. The summed E-state index contributed by atoms with van der Waals surface area (Å²) in [6.07, 6.45) is -0.521. The van der Waals surface area contributed by atoms with Crippen molar-refractivity contribution in [3.05, 3.63) is 65.2 Å². The molecule has 2 aromatic carbocycles. The van der Waals surface area contributed by atoms with E-state index in [1.807, 2.05) is 24.3 Å². The number of ether oxygens (including phenoxy) is 1. The van der Waals surface area contributed by atoms with Crippen LogP contribution in [0, 0.1) is 0 Å². The minimum Gasteiger partial charge on any atom is -0.477 e. The van der Waals surface area contributed by atoms with Crippen molar-refractivity contribution in [2.75, 3.05) is 6.61 Å². The molecule has 2 aliphatic rings. The third kappa shape index (κ3) is 4.21. The Bertz CT molecular complexity index is 790. The van der Waals surface area contributed by atoms with Gasteiger partial charge >= 0.3 is 0 Å². The maximum absolute atomic E-state index is 10.3. The van der Waals surface area contributed by atoms with Gasteiger partial charge < -0.3 is 25.2 Å². The van der Waals surface area contributed by atoms with Gasteiger partial charge in [0.15, 0.2) is 5.44 Å². The lowest BCUT2D eigenvalue weighted by molar-refractivity contribution is -0.0910. The molecule has 0 aromatic heterocycles. The van der Waals surface area contributed by atoms with E-state index in [9.17, 15) is 20.4 Å². The standard InChI is InChI=1S/C22H26O5S/c23-12-18-19(24)20(25)21(26)22(28-18)27-17-4-2-1-3-16(17)11-13-5-7-14(8-6-13)15-9-10-15/h1-8,15,18-26H,9-12H2. The van der Waals surface area contributed by atoms with E-state index in [1.165, 1.54) is 24.0 Å². The number of hydrogen-bond donors (Lipinski definition) is 4. The van der Waals surface area contributed by atoms with Gasteiger partial charge in [0.05, 0.1) is 18.0 Å². The lowest BCUT2D eigenvalue weighted by atomic mass is 10.0. The molecule has 4 N–H and O–H groups in total. The Morgan fingerprint density at radius 2 is 1.61 bits per heavy atom. The summed E-state index contributed by atoms with van der Waals surface area (Å²) in [5.41, 5.74) is 2.79. The van der Waals surface area contributed by atoms with Crippen LogP contribution in [0.4, 0.5) is 0 Å². The van der Waals surface area contributed by atoms with E-state index >= 15 is 0 Å². The van der Waals surface area contributed by atoms with Crippen LogP contribution in [0.3, 0.4) is 0 Å². The van der Waals surface area contributed by atoms with Crippen LogP contribution in [0.2, 0.25) is 0 Å². The minimum atomic E-state index is -1.36. The third-order valence-corrected chi connectivity index (χ3v) is 6.91. The summed E-state index contributed by atoms with van der Waals surface area (Å²) < 4.78 is 6.02. The van der Waals surface area contributed by atoms with Crippen molar-refractivity contribution in [2.24, 2.45) is 0 Å². The lowest BCUT2D eigenvalue weighted by Gasteiger charge is -2.39. The highest BCUT2D eigenvalue weighted by atomic mass is 32.2. The molecule has 0 spiro atoms. The Kier molecular flexibility index (Phi) is 5.94. The molecule has 1 aliphatic heterocycles. The van der Waals surface area contributed by atoms with Crippen molar-refractivity contribution < 1.29 is 25.2 Å². The molecule has 1 heterocycles. The van der Waals surface area contributed by atoms with Gasteiger partial charge in [0.25, 0.3) is 0 Å². The maximum atomic E-state index is 10.3. The average Bonchev–Trinajstić information content (AvgIpc) is 3.56. The molecule has 150 valence electrons. The topological polar surface area (TPSA) is 90.2 Å². The van der Waals surface area contributed by atoms with Gasteiger partial charge in [-0.05, 0) is 41.5 Å². The van der Waals surface area contributed by atoms with Gasteiger partial charge in [0, 0.05) is 6.42 Å². The molecule has 5 atom stereocenters. The predicted octanol–water partition coefficient (Wildman–Crippen LogP) is 2.05. The van der Waals surface area contributed by atoms with E-state index in [2.05, 4.69) is 24.3 Å². The number of hydrogen-bond acceptors (Lipinski definition) is 6. The highest BCUT2D eigenvalue weighted by Gasteiger charge is 2.44. The smallest absolute Gasteiger partial charge is 0.173 e. The molecule has 0 bridgehead atoms. The summed E-state index contributed by atoms with van der Waals surface area (Å²) >= 11 is 1.14. The SMILES string of the molecule is OCC1SC(Oc2ccccc2Cc2ccc(C3CC3)cc2)C(O)C(O)C1O. The van der Waals surface area contributed by atoms with Crippen LogP contribution in [-0.4, -0.2) is 56.0 Å². The first-order valence-electron chi connectivity index (χ1n) is 9.70. The number of thioether (sulfide) groups is 1. The van der Waals surface area contributed by atoms with Crippen LogP contribution < -0.4 is 4.74 Å². The fraction of sp³-hybridized carbons (Fsp3) is 0.455. The molecule has 0 radical (unpaired) electrons. The largest absolute Gasteiger partial charge is 0.477 e. The number of aliphatic hydroxyl groups is 4. The second kappa shape index (κ2) is 8.43. The lowest BCUT2D eigenvalue weighted by Crippen LogP contribution is -2.55. The van der Waals surface area contributed by atoms with E-state index in [1.54, 1.807) is 0 Å². The second-order valence-corrected chi connectivity index (χ2v) is 8.96. The van der Waals surface area contributed by atoms with Crippen LogP contribution in [0.15, 0.2) is 48.5 Å². The molecule has 1 saturated carbocycles. The Morgan fingerprint density at radius 1 is 0.893 bits per heavy atom. The van der Waals surface area contributed by atoms with Crippen LogP contribution in [0.1, 0.15) is 35.4 Å². The number of para-hydroxylation sites is 1. The molecule has 0 amide bonds. The van der Waals surface area contributed by atoms with Crippen LogP contribution in [-0.2, 0) is 6.42 Å². The summed E-state index contributed by atoms with van der Waals surface area (Å²) in [6, 6.07) is 16.3. The molecule has 5 nitrogen and oxygen atoms in total. The van der Waals surface area contributed by atoms with Crippen LogP contribution >= 0.6 is 11.8 Å². The highest BCUT2D eigenvalue weighted by Crippen LogP contribution is 2.40. The van der Waals surface area contributed by atoms with Gasteiger partial charge in [0.2, 0.25) is 0 Å². The number of benzene rings is 2. The summed E-state index contributed by atoms with van der Waals surface area (Å²) in [6.45, 7) is -0.301. The summed E-state index contributed by atoms with van der Waals surface area (Å²) in [5, 5.41) is 39.2. The Morgan fingerprint density at radius 3 is 2.29 bits per heavy atom. The fourth-order valence-electron chi connectivity index (χ4n) is 3.60. The molecule has 6 heteroatoms. The average molecular weight is 403 g/mol. The molecule has 2 aromatic rings. The Hall–Kier alpha value is -1.57. The first kappa shape index (κ1) is 19.7. The zero-order chi connectivity index (χ0) is 19.7. The molecule has 28 heavy (non-hydrogen) atoms. The van der Waals surface area contributed by atoms with E-state index in [4.69, 9.17) is 4.74 Å². The zero-order valence-corrected chi connectivity index (χ0v) is 16.3. The van der Waals surface area contributed by atoms with Gasteiger partial charge in [-0.3, -0.25) is 0 Å². The first-order valence-corrected chi connectivity index (χ1v) is 10.6. The highest BCUT2D eigenvalue weighted by molar-refractivity contribution is 8.00. The fourth-order valence-corrected chi connectivity index (χ4v) is 4.83. The molecule has 1 aliphatic carbocycles. The van der Waals surface area contributed by atoms with Gasteiger partial charge in [-0.15, -0.1) is 11.8 Å². The van der Waals surface area contributed by atoms with Gasteiger partial charge in [-0.2, -0.15) is 0 Å². The minimum absolute atomic E-state index is 0.301. The van der Waals surface area contributed by atoms with Crippen molar-refractivity contribution in [1.29, 1.82) is 0 Å². The quantitative estimate of drug-likeness (QED) is 0.591. The van der Waals surface area contributed by atoms with E-state index in [0.717, 1.165) is 23.2 Å². The first-order chi connectivity index (χ1) is 13.6. The van der Waals surface area contributed by atoms with E-state index in [0.29, 0.717) is 12.2 Å². The van der Waals surface area contributed by atoms with Crippen molar-refractivity contribution >= 4 is 11.8 Å². The normalized spacial score (nSPS) is 30.2. The van der Waals surface area contributed by atoms with Crippen molar-refractivity contribution in [3.63, 3.8) is 0 Å². The molecular formula is C22H26O5S. The van der Waals surface area contributed by atoms with Gasteiger partial charge in [-0.1, -0.05) is 42.5 Å². The molecule has 4 rings (SSSR count). The summed E-state index contributed by atoms with van der Waals surface area (Å²) in [4.78, 5) is 0. The van der Waals surface area contributed by atoms with Gasteiger partial charge in [-0.25, -0.2) is 0 Å². The monoisotopic (exact) mass is 402 g/mol. The Labute approximate surface area is 169 Å². The van der Waals surface area contributed by atoms with Crippen molar-refractivity contribution in [2.45, 2.75) is 54.2 Å². The van der Waals surface area contributed by atoms with Crippen molar-refractivity contribution in [3.8, 4) is 5.75 Å². The Balaban J connectivity index is 1.49. The van der Waals surface area contributed by atoms with E-state index < -0.39 is 29.0 Å².